The number of hydrogen-bond donors (Lipinski definition) is 0. The van der Waals surface area contributed by atoms with Gasteiger partial charge in [-0.25, -0.2) is 9.67 Å². The third kappa shape index (κ3) is 4.03. The van der Waals surface area contributed by atoms with E-state index in [4.69, 9.17) is 14.1 Å². The Morgan fingerprint density at radius 1 is 1.22 bits per heavy atom. The van der Waals surface area contributed by atoms with Crippen molar-refractivity contribution in [3.8, 4) is 11.3 Å². The van der Waals surface area contributed by atoms with Crippen LogP contribution in [0.15, 0.2) is 65.4 Å². The number of rotatable bonds is 7. The summed E-state index contributed by atoms with van der Waals surface area (Å²) in [5.41, 5.74) is 3.01. The van der Waals surface area contributed by atoms with E-state index in [1.165, 1.54) is 0 Å². The minimum absolute atomic E-state index is 0.00142. The largest absolute Gasteiger partial charge is 0.467 e. The fraction of sp³-hybridized carbons (Fsp3) is 0.320. The number of pyridine rings is 1. The lowest BCUT2D eigenvalue weighted by molar-refractivity contribution is 0.0732. The Balaban J connectivity index is 1.58. The number of carbonyl (C=O) groups is 1. The van der Waals surface area contributed by atoms with Crippen LogP contribution in [-0.2, 0) is 11.3 Å². The van der Waals surface area contributed by atoms with E-state index in [1.807, 2.05) is 60.4 Å². The van der Waals surface area contributed by atoms with Gasteiger partial charge in [-0.3, -0.25) is 4.79 Å². The summed E-state index contributed by atoms with van der Waals surface area (Å²) in [7, 11) is 0. The van der Waals surface area contributed by atoms with Crippen LogP contribution >= 0.6 is 0 Å². The quantitative estimate of drug-likeness (QED) is 0.439. The number of furan rings is 1. The lowest BCUT2D eigenvalue weighted by atomic mass is 10.0. The van der Waals surface area contributed by atoms with E-state index in [2.05, 4.69) is 5.10 Å². The highest BCUT2D eigenvalue weighted by Crippen LogP contribution is 2.27. The normalized spacial score (nSPS) is 16.0. The predicted octanol–water partition coefficient (Wildman–Crippen LogP) is 4.24. The Bertz CT molecular complexity index is 1190. The van der Waals surface area contributed by atoms with Crippen molar-refractivity contribution in [2.45, 2.75) is 19.9 Å². The van der Waals surface area contributed by atoms with Crippen molar-refractivity contribution >= 4 is 16.9 Å². The van der Waals surface area contributed by atoms with Crippen LogP contribution in [0.1, 0.15) is 29.5 Å². The van der Waals surface area contributed by atoms with Crippen molar-refractivity contribution in [2.75, 3.05) is 26.3 Å². The minimum Gasteiger partial charge on any atom is -0.467 e. The maximum absolute atomic E-state index is 13.7. The number of fused-ring (bicyclic) bond motifs is 1. The van der Waals surface area contributed by atoms with E-state index in [0.717, 1.165) is 35.4 Å². The van der Waals surface area contributed by atoms with Gasteiger partial charge in [0, 0.05) is 31.2 Å². The van der Waals surface area contributed by atoms with Crippen LogP contribution in [0.5, 0.6) is 0 Å². The summed E-state index contributed by atoms with van der Waals surface area (Å²) in [6.45, 7) is 5.29. The molecule has 1 fully saturated rings. The Labute approximate surface area is 186 Å². The van der Waals surface area contributed by atoms with E-state index in [-0.39, 0.29) is 5.91 Å². The number of ether oxygens (including phenoxy) is 1. The van der Waals surface area contributed by atoms with Crippen LogP contribution in [0.25, 0.3) is 22.3 Å². The lowest BCUT2D eigenvalue weighted by Gasteiger charge is -2.24. The topological polar surface area (TPSA) is 73.4 Å². The Morgan fingerprint density at radius 2 is 2.09 bits per heavy atom. The molecular weight excluding hydrogens is 404 g/mol. The van der Waals surface area contributed by atoms with Gasteiger partial charge in [0.25, 0.3) is 5.91 Å². The van der Waals surface area contributed by atoms with Crippen molar-refractivity contribution in [1.29, 1.82) is 0 Å². The van der Waals surface area contributed by atoms with Gasteiger partial charge < -0.3 is 14.1 Å². The fourth-order valence-electron chi connectivity index (χ4n) is 4.21. The maximum atomic E-state index is 13.7. The zero-order chi connectivity index (χ0) is 21.9. The summed E-state index contributed by atoms with van der Waals surface area (Å²) in [5.74, 6) is 1.17. The van der Waals surface area contributed by atoms with Gasteiger partial charge in [0.05, 0.1) is 35.7 Å². The van der Waals surface area contributed by atoms with Crippen LogP contribution in [-0.4, -0.2) is 51.9 Å². The van der Waals surface area contributed by atoms with Crippen LogP contribution in [0.3, 0.4) is 0 Å². The van der Waals surface area contributed by atoms with Gasteiger partial charge >= 0.3 is 0 Å². The maximum Gasteiger partial charge on any atom is 0.254 e. The SMILES string of the molecule is CCN(CC1CCOC1)C(=O)c1cc(-c2ccccc2)nc2c1cnn2Cc1ccco1. The first-order chi connectivity index (χ1) is 15.7. The number of aromatic nitrogens is 3. The molecule has 3 aromatic heterocycles. The molecule has 5 rings (SSSR count). The van der Waals surface area contributed by atoms with Gasteiger partial charge in [-0.05, 0) is 31.5 Å². The Kier molecular flexibility index (Phi) is 5.73. The zero-order valence-electron chi connectivity index (χ0n) is 18.1. The average molecular weight is 431 g/mol. The third-order valence-electron chi connectivity index (χ3n) is 5.97. The van der Waals surface area contributed by atoms with Gasteiger partial charge in [0.2, 0.25) is 0 Å². The van der Waals surface area contributed by atoms with Crippen molar-refractivity contribution < 1.29 is 13.9 Å². The first kappa shape index (κ1) is 20.5. The molecule has 1 amide bonds. The molecule has 7 nitrogen and oxygen atoms in total. The van der Waals surface area contributed by atoms with E-state index in [1.54, 1.807) is 17.1 Å². The lowest BCUT2D eigenvalue weighted by Crippen LogP contribution is -2.35. The molecule has 7 heteroatoms. The molecule has 4 aromatic rings. The first-order valence-electron chi connectivity index (χ1n) is 11.0. The highest BCUT2D eigenvalue weighted by Gasteiger charge is 2.25. The molecule has 0 spiro atoms. The molecule has 0 N–H and O–H groups in total. The van der Waals surface area contributed by atoms with Crippen molar-refractivity contribution in [3.63, 3.8) is 0 Å². The van der Waals surface area contributed by atoms with Gasteiger partial charge in [-0.15, -0.1) is 0 Å². The molecule has 1 saturated heterocycles. The Morgan fingerprint density at radius 3 is 2.81 bits per heavy atom. The van der Waals surface area contributed by atoms with E-state index in [9.17, 15) is 4.79 Å². The predicted molar refractivity (Wildman–Crippen MR) is 121 cm³/mol. The molecule has 1 aliphatic rings. The summed E-state index contributed by atoms with van der Waals surface area (Å²) in [6, 6.07) is 15.6. The van der Waals surface area contributed by atoms with Gasteiger partial charge in [-0.2, -0.15) is 5.10 Å². The fourth-order valence-corrected chi connectivity index (χ4v) is 4.21. The van der Waals surface area contributed by atoms with E-state index >= 15 is 0 Å². The van der Waals surface area contributed by atoms with Gasteiger partial charge in [0.15, 0.2) is 5.65 Å². The molecule has 164 valence electrons. The van der Waals surface area contributed by atoms with Crippen molar-refractivity contribution in [2.24, 2.45) is 5.92 Å². The van der Waals surface area contributed by atoms with Crippen molar-refractivity contribution in [3.05, 3.63) is 72.3 Å². The zero-order valence-corrected chi connectivity index (χ0v) is 18.1. The standard InChI is InChI=1S/C25H26N4O3/c1-2-28(15-18-10-12-31-17-18)25(30)21-13-23(19-7-4-3-5-8-19)27-24-22(21)14-26-29(24)16-20-9-6-11-32-20/h3-9,11,13-14,18H,2,10,12,15-17H2,1H3. The molecule has 0 radical (unpaired) electrons. The molecule has 0 bridgehead atoms. The smallest absolute Gasteiger partial charge is 0.254 e. The second kappa shape index (κ2) is 8.96. The second-order valence-electron chi connectivity index (χ2n) is 8.11. The highest BCUT2D eigenvalue weighted by atomic mass is 16.5. The summed E-state index contributed by atoms with van der Waals surface area (Å²) >= 11 is 0. The van der Waals surface area contributed by atoms with Crippen LogP contribution in [0.4, 0.5) is 0 Å². The molecule has 1 atom stereocenters. The van der Waals surface area contributed by atoms with E-state index in [0.29, 0.717) is 43.4 Å². The molecular formula is C25H26N4O3. The van der Waals surface area contributed by atoms with Crippen LogP contribution in [0.2, 0.25) is 0 Å². The molecule has 1 unspecified atom stereocenters. The van der Waals surface area contributed by atoms with Crippen LogP contribution in [0, 0.1) is 5.92 Å². The molecule has 4 heterocycles. The number of hydrogen-bond acceptors (Lipinski definition) is 5. The number of benzene rings is 1. The third-order valence-corrected chi connectivity index (χ3v) is 5.97. The van der Waals surface area contributed by atoms with Crippen LogP contribution < -0.4 is 0 Å². The molecule has 0 aliphatic carbocycles. The minimum atomic E-state index is 0.00142. The highest BCUT2D eigenvalue weighted by molar-refractivity contribution is 6.06. The molecule has 1 aliphatic heterocycles. The first-order valence-corrected chi connectivity index (χ1v) is 11.0. The monoisotopic (exact) mass is 430 g/mol. The number of carbonyl (C=O) groups excluding carboxylic acids is 1. The number of amides is 1. The van der Waals surface area contributed by atoms with Gasteiger partial charge in [0.1, 0.15) is 12.3 Å². The second-order valence-corrected chi connectivity index (χ2v) is 8.11. The average Bonchev–Trinajstić information content (AvgIpc) is 3.60. The van der Waals surface area contributed by atoms with Crippen molar-refractivity contribution in [1.82, 2.24) is 19.7 Å². The summed E-state index contributed by atoms with van der Waals surface area (Å²) < 4.78 is 12.8. The number of nitrogens with zero attached hydrogens (tertiary/aromatic N) is 4. The summed E-state index contributed by atoms with van der Waals surface area (Å²) in [4.78, 5) is 20.5. The van der Waals surface area contributed by atoms with Gasteiger partial charge in [-0.1, -0.05) is 30.3 Å². The Hall–Kier alpha value is -3.45. The molecule has 32 heavy (non-hydrogen) atoms. The molecule has 1 aromatic carbocycles. The summed E-state index contributed by atoms with van der Waals surface area (Å²) in [5, 5.41) is 5.29. The molecule has 0 saturated carbocycles. The summed E-state index contributed by atoms with van der Waals surface area (Å²) in [6.07, 6.45) is 4.37. The van der Waals surface area contributed by atoms with E-state index < -0.39 is 0 Å².